The van der Waals surface area contributed by atoms with Crippen LogP contribution in [0.5, 0.6) is 0 Å². The molecule has 0 spiro atoms. The summed E-state index contributed by atoms with van der Waals surface area (Å²) in [5.74, 6) is 1.78. The molecule has 2 N–H and O–H groups in total. The maximum atomic E-state index is 9.61. The predicted octanol–water partition coefficient (Wildman–Crippen LogP) is 1.55. The molecule has 16 heavy (non-hydrogen) atoms. The molecule has 1 saturated heterocycles. The summed E-state index contributed by atoms with van der Waals surface area (Å²) in [6, 6.07) is 0.170. The summed E-state index contributed by atoms with van der Waals surface area (Å²) >= 11 is 0. The second-order valence-electron chi connectivity index (χ2n) is 5.41. The largest absolute Gasteiger partial charge is 0.389 e. The molecule has 2 unspecified atom stereocenters. The van der Waals surface area contributed by atoms with Crippen molar-refractivity contribution in [3.63, 3.8) is 0 Å². The van der Waals surface area contributed by atoms with Gasteiger partial charge in [-0.3, -0.25) is 0 Å². The van der Waals surface area contributed by atoms with E-state index < -0.39 is 0 Å². The zero-order chi connectivity index (χ0) is 11.4. The average Bonchev–Trinajstić information content (AvgIpc) is 2.73. The van der Waals surface area contributed by atoms with Crippen molar-refractivity contribution in [1.29, 1.82) is 0 Å². The highest BCUT2D eigenvalue weighted by Crippen LogP contribution is 2.30. The highest BCUT2D eigenvalue weighted by atomic mass is 16.5. The third-order valence-corrected chi connectivity index (χ3v) is 4.26. The van der Waals surface area contributed by atoms with E-state index in [4.69, 9.17) is 4.74 Å². The second-order valence-corrected chi connectivity index (χ2v) is 5.41. The van der Waals surface area contributed by atoms with Crippen LogP contribution < -0.4 is 5.32 Å². The summed E-state index contributed by atoms with van der Waals surface area (Å²) in [4.78, 5) is 0. The number of hydrogen-bond donors (Lipinski definition) is 2. The van der Waals surface area contributed by atoms with E-state index >= 15 is 0 Å². The van der Waals surface area contributed by atoms with Gasteiger partial charge in [-0.25, -0.2) is 0 Å². The van der Waals surface area contributed by atoms with Crippen molar-refractivity contribution in [2.75, 3.05) is 19.8 Å². The highest BCUT2D eigenvalue weighted by molar-refractivity contribution is 4.82. The van der Waals surface area contributed by atoms with Crippen molar-refractivity contribution in [3.8, 4) is 0 Å². The lowest BCUT2D eigenvalue weighted by atomic mass is 9.81. The first kappa shape index (κ1) is 12.3. The number of nitrogens with one attached hydrogen (secondary N) is 1. The number of rotatable bonds is 4. The molecular formula is C13H25NO2. The van der Waals surface area contributed by atoms with E-state index in [1.54, 1.807) is 0 Å². The van der Waals surface area contributed by atoms with Gasteiger partial charge in [0.2, 0.25) is 0 Å². The van der Waals surface area contributed by atoms with Crippen LogP contribution in [0.15, 0.2) is 0 Å². The van der Waals surface area contributed by atoms with Gasteiger partial charge in [-0.15, -0.1) is 0 Å². The van der Waals surface area contributed by atoms with E-state index in [1.165, 1.54) is 32.1 Å². The minimum absolute atomic E-state index is 0.170. The zero-order valence-corrected chi connectivity index (χ0v) is 10.3. The van der Waals surface area contributed by atoms with Crippen LogP contribution >= 0.6 is 0 Å². The summed E-state index contributed by atoms with van der Waals surface area (Å²) in [7, 11) is 0. The average molecular weight is 227 g/mol. The van der Waals surface area contributed by atoms with Gasteiger partial charge in [0.1, 0.15) is 0 Å². The fourth-order valence-corrected chi connectivity index (χ4v) is 2.90. The third kappa shape index (κ3) is 3.19. The van der Waals surface area contributed by atoms with Gasteiger partial charge in [0.25, 0.3) is 0 Å². The number of aliphatic hydroxyl groups is 1. The Morgan fingerprint density at radius 3 is 2.38 bits per heavy atom. The Bertz CT molecular complexity index is 202. The van der Waals surface area contributed by atoms with Crippen LogP contribution in [0, 0.1) is 11.8 Å². The third-order valence-electron chi connectivity index (χ3n) is 4.26. The van der Waals surface area contributed by atoms with Crippen molar-refractivity contribution >= 4 is 0 Å². The fraction of sp³-hybridized carbons (Fsp3) is 1.00. The Morgan fingerprint density at radius 2 is 1.81 bits per heavy atom. The van der Waals surface area contributed by atoms with Crippen molar-refractivity contribution in [2.45, 2.75) is 51.2 Å². The molecule has 1 aliphatic carbocycles. The molecule has 3 nitrogen and oxygen atoms in total. The molecular weight excluding hydrogens is 202 g/mol. The van der Waals surface area contributed by atoms with Crippen LogP contribution in [-0.2, 0) is 4.74 Å². The van der Waals surface area contributed by atoms with E-state index in [-0.39, 0.29) is 12.1 Å². The lowest BCUT2D eigenvalue weighted by Gasteiger charge is -2.29. The SMILES string of the molecule is CCC1CCC(CNC2COCC2O)CC1. The lowest BCUT2D eigenvalue weighted by molar-refractivity contribution is 0.121. The molecule has 2 rings (SSSR count). The van der Waals surface area contributed by atoms with E-state index in [0.29, 0.717) is 13.2 Å². The zero-order valence-electron chi connectivity index (χ0n) is 10.3. The van der Waals surface area contributed by atoms with Crippen molar-refractivity contribution in [2.24, 2.45) is 11.8 Å². The molecule has 2 fully saturated rings. The van der Waals surface area contributed by atoms with Gasteiger partial charge >= 0.3 is 0 Å². The summed E-state index contributed by atoms with van der Waals surface area (Å²) in [6.07, 6.45) is 6.55. The normalized spacial score (nSPS) is 40.1. The van der Waals surface area contributed by atoms with Crippen LogP contribution in [0.2, 0.25) is 0 Å². The van der Waals surface area contributed by atoms with E-state index in [9.17, 15) is 5.11 Å². The van der Waals surface area contributed by atoms with E-state index in [2.05, 4.69) is 12.2 Å². The molecule has 0 aromatic carbocycles. The summed E-state index contributed by atoms with van der Waals surface area (Å²) in [5, 5.41) is 13.1. The van der Waals surface area contributed by atoms with Gasteiger partial charge in [0, 0.05) is 0 Å². The highest BCUT2D eigenvalue weighted by Gasteiger charge is 2.27. The maximum Gasteiger partial charge on any atom is 0.0948 e. The molecule has 0 aromatic heterocycles. The first-order valence-corrected chi connectivity index (χ1v) is 6.78. The summed E-state index contributed by atoms with van der Waals surface area (Å²) in [5.41, 5.74) is 0. The molecule has 0 radical (unpaired) electrons. The molecule has 0 bridgehead atoms. The molecule has 2 atom stereocenters. The van der Waals surface area contributed by atoms with E-state index in [1.807, 2.05) is 0 Å². The van der Waals surface area contributed by atoms with Crippen molar-refractivity contribution < 1.29 is 9.84 Å². The van der Waals surface area contributed by atoms with Crippen LogP contribution in [-0.4, -0.2) is 37.0 Å². The molecule has 2 aliphatic rings. The standard InChI is InChI=1S/C13H25NO2/c1-2-10-3-5-11(6-4-10)7-14-12-8-16-9-13(12)15/h10-15H,2-9H2,1H3. The number of hydrogen-bond acceptors (Lipinski definition) is 3. The summed E-state index contributed by atoms with van der Waals surface area (Å²) < 4.78 is 5.23. The minimum atomic E-state index is -0.299. The van der Waals surface area contributed by atoms with Crippen LogP contribution in [0.3, 0.4) is 0 Å². The Labute approximate surface area is 98.6 Å². The molecule has 0 amide bonds. The lowest BCUT2D eigenvalue weighted by Crippen LogP contribution is -2.41. The van der Waals surface area contributed by atoms with Gasteiger partial charge in [0.05, 0.1) is 25.4 Å². The topological polar surface area (TPSA) is 41.5 Å². The van der Waals surface area contributed by atoms with Gasteiger partial charge in [0.15, 0.2) is 0 Å². The minimum Gasteiger partial charge on any atom is -0.389 e. The first-order chi connectivity index (χ1) is 7.79. The van der Waals surface area contributed by atoms with Gasteiger partial charge in [-0.2, -0.15) is 0 Å². The number of aliphatic hydroxyl groups excluding tert-OH is 1. The molecule has 3 heteroatoms. The first-order valence-electron chi connectivity index (χ1n) is 6.78. The number of ether oxygens (including phenoxy) is 1. The summed E-state index contributed by atoms with van der Waals surface area (Å²) in [6.45, 7) is 4.53. The quantitative estimate of drug-likeness (QED) is 0.765. The predicted molar refractivity (Wildman–Crippen MR) is 64.4 cm³/mol. The Hall–Kier alpha value is -0.120. The van der Waals surface area contributed by atoms with Crippen LogP contribution in [0.1, 0.15) is 39.0 Å². The maximum absolute atomic E-state index is 9.61. The Balaban J connectivity index is 1.63. The van der Waals surface area contributed by atoms with Gasteiger partial charge in [-0.05, 0) is 31.2 Å². The smallest absolute Gasteiger partial charge is 0.0948 e. The Kier molecular flexibility index (Phi) is 4.62. The van der Waals surface area contributed by atoms with E-state index in [0.717, 1.165) is 18.4 Å². The Morgan fingerprint density at radius 1 is 1.12 bits per heavy atom. The monoisotopic (exact) mass is 227 g/mol. The molecule has 1 saturated carbocycles. The van der Waals surface area contributed by atoms with Crippen molar-refractivity contribution in [1.82, 2.24) is 5.32 Å². The van der Waals surface area contributed by atoms with Crippen LogP contribution in [0.25, 0.3) is 0 Å². The fourth-order valence-electron chi connectivity index (χ4n) is 2.90. The van der Waals surface area contributed by atoms with Gasteiger partial charge < -0.3 is 15.2 Å². The van der Waals surface area contributed by atoms with Crippen molar-refractivity contribution in [3.05, 3.63) is 0 Å². The van der Waals surface area contributed by atoms with Gasteiger partial charge in [-0.1, -0.05) is 26.2 Å². The molecule has 0 aromatic rings. The molecule has 94 valence electrons. The molecule has 1 heterocycles. The molecule has 1 aliphatic heterocycles. The second kappa shape index (κ2) is 5.99. The van der Waals surface area contributed by atoms with Crippen LogP contribution in [0.4, 0.5) is 0 Å².